The topological polar surface area (TPSA) is 76.2 Å². The third kappa shape index (κ3) is 3.20. The maximum absolute atomic E-state index is 12.7. The molecule has 0 aliphatic rings. The zero-order valence-corrected chi connectivity index (χ0v) is 16.5. The molecule has 2 aromatic heterocycles. The number of aromatic amines is 1. The summed E-state index contributed by atoms with van der Waals surface area (Å²) < 4.78 is 10.7. The van der Waals surface area contributed by atoms with E-state index in [0.717, 1.165) is 27.7 Å². The van der Waals surface area contributed by atoms with E-state index in [0.29, 0.717) is 22.2 Å². The molecule has 0 unspecified atom stereocenters. The zero-order chi connectivity index (χ0) is 19.7. The molecule has 0 fully saturated rings. The van der Waals surface area contributed by atoms with Crippen molar-refractivity contribution in [3.05, 3.63) is 59.1 Å². The summed E-state index contributed by atoms with van der Waals surface area (Å²) in [6.45, 7) is 1.88. The summed E-state index contributed by atoms with van der Waals surface area (Å²) in [6, 6.07) is 11.4. The Morgan fingerprint density at radius 3 is 2.57 bits per heavy atom. The van der Waals surface area contributed by atoms with Gasteiger partial charge in [-0.15, -0.1) is 11.3 Å². The highest BCUT2D eigenvalue weighted by Crippen LogP contribution is 2.32. The smallest absolute Gasteiger partial charge is 0.257 e. The number of amides is 1. The Morgan fingerprint density at radius 2 is 1.86 bits per heavy atom. The van der Waals surface area contributed by atoms with Crippen molar-refractivity contribution in [2.45, 2.75) is 6.92 Å². The molecule has 142 valence electrons. The second kappa shape index (κ2) is 7.36. The summed E-state index contributed by atoms with van der Waals surface area (Å²) in [7, 11) is 3.13. The number of carbonyl (C=O) groups is 1. The minimum atomic E-state index is -0.267. The Hall–Kier alpha value is -3.32. The number of H-pyrrole nitrogens is 1. The van der Waals surface area contributed by atoms with Gasteiger partial charge in [0.2, 0.25) is 0 Å². The molecule has 6 nitrogen and oxygen atoms in total. The van der Waals surface area contributed by atoms with Gasteiger partial charge < -0.3 is 14.5 Å². The number of hydrogen-bond donors (Lipinski definition) is 2. The average molecular weight is 393 g/mol. The Morgan fingerprint density at radius 1 is 1.14 bits per heavy atom. The highest BCUT2D eigenvalue weighted by molar-refractivity contribution is 7.14. The lowest BCUT2D eigenvalue weighted by atomic mass is 10.1. The van der Waals surface area contributed by atoms with Crippen molar-refractivity contribution >= 4 is 33.3 Å². The first-order valence-electron chi connectivity index (χ1n) is 8.66. The number of hydrogen-bond acceptors (Lipinski definition) is 5. The zero-order valence-electron chi connectivity index (χ0n) is 15.7. The number of nitrogens with one attached hydrogen (secondary N) is 2. The van der Waals surface area contributed by atoms with Crippen LogP contribution in [0.15, 0.2) is 48.0 Å². The van der Waals surface area contributed by atoms with Gasteiger partial charge in [-0.25, -0.2) is 4.98 Å². The second-order valence-electron chi connectivity index (χ2n) is 6.25. The van der Waals surface area contributed by atoms with Crippen molar-refractivity contribution in [2.75, 3.05) is 19.5 Å². The maximum Gasteiger partial charge on any atom is 0.257 e. The predicted octanol–water partition coefficient (Wildman–Crippen LogP) is 4.87. The molecule has 2 aromatic carbocycles. The Bertz CT molecular complexity index is 1140. The lowest BCUT2D eigenvalue weighted by molar-refractivity contribution is 0.102. The van der Waals surface area contributed by atoms with E-state index in [9.17, 15) is 4.79 Å². The first kappa shape index (κ1) is 18.1. The van der Waals surface area contributed by atoms with Crippen LogP contribution in [0, 0.1) is 6.92 Å². The molecule has 2 N–H and O–H groups in total. The number of methoxy groups -OCH3 is 2. The van der Waals surface area contributed by atoms with Crippen LogP contribution < -0.4 is 14.8 Å². The normalized spacial score (nSPS) is 10.8. The first-order chi connectivity index (χ1) is 13.6. The lowest BCUT2D eigenvalue weighted by Crippen LogP contribution is -2.12. The van der Waals surface area contributed by atoms with Gasteiger partial charge >= 0.3 is 0 Å². The van der Waals surface area contributed by atoms with E-state index in [1.54, 1.807) is 26.4 Å². The molecule has 4 aromatic rings. The standard InChI is InChI=1S/C21H19N3O3S/c1-12-18(26-2)8-13(9-19(12)27-3)20(25)24-21-23-17(11-28-21)15-10-22-16-7-5-4-6-14(15)16/h4-11,22H,1-3H3,(H,23,24,25). The summed E-state index contributed by atoms with van der Waals surface area (Å²) in [4.78, 5) is 20.5. The van der Waals surface area contributed by atoms with Crippen molar-refractivity contribution < 1.29 is 14.3 Å². The van der Waals surface area contributed by atoms with Crippen molar-refractivity contribution in [3.8, 4) is 22.8 Å². The van der Waals surface area contributed by atoms with E-state index in [1.807, 2.05) is 42.8 Å². The van der Waals surface area contributed by atoms with Gasteiger partial charge in [0.05, 0.1) is 19.9 Å². The molecule has 0 atom stereocenters. The van der Waals surface area contributed by atoms with Gasteiger partial charge in [-0.2, -0.15) is 0 Å². The summed E-state index contributed by atoms with van der Waals surface area (Å²) in [5, 5.41) is 6.42. The summed E-state index contributed by atoms with van der Waals surface area (Å²) in [6.07, 6.45) is 1.93. The quantitative estimate of drug-likeness (QED) is 0.507. The van der Waals surface area contributed by atoms with E-state index < -0.39 is 0 Å². The molecule has 2 heterocycles. The van der Waals surface area contributed by atoms with Crippen LogP contribution in [-0.2, 0) is 0 Å². The highest BCUT2D eigenvalue weighted by Gasteiger charge is 2.16. The van der Waals surface area contributed by atoms with E-state index in [-0.39, 0.29) is 5.91 Å². The minimum Gasteiger partial charge on any atom is -0.496 e. The van der Waals surface area contributed by atoms with Crippen molar-refractivity contribution in [1.82, 2.24) is 9.97 Å². The molecule has 7 heteroatoms. The van der Waals surface area contributed by atoms with Crippen LogP contribution in [0.5, 0.6) is 11.5 Å². The number of fused-ring (bicyclic) bond motifs is 1. The minimum absolute atomic E-state index is 0.267. The van der Waals surface area contributed by atoms with Gasteiger partial charge in [-0.1, -0.05) is 18.2 Å². The van der Waals surface area contributed by atoms with Crippen LogP contribution in [0.2, 0.25) is 0 Å². The van der Waals surface area contributed by atoms with Gasteiger partial charge in [-0.05, 0) is 25.1 Å². The predicted molar refractivity (Wildman–Crippen MR) is 112 cm³/mol. The number of carbonyl (C=O) groups excluding carboxylic acids is 1. The third-order valence-electron chi connectivity index (χ3n) is 4.60. The molecule has 0 saturated heterocycles. The molecule has 0 bridgehead atoms. The van der Waals surface area contributed by atoms with Gasteiger partial charge in [0.15, 0.2) is 5.13 Å². The summed E-state index contributed by atoms with van der Waals surface area (Å²) >= 11 is 1.38. The second-order valence-corrected chi connectivity index (χ2v) is 7.10. The van der Waals surface area contributed by atoms with Gasteiger partial charge in [-0.3, -0.25) is 10.1 Å². The third-order valence-corrected chi connectivity index (χ3v) is 5.36. The Balaban J connectivity index is 1.60. The first-order valence-corrected chi connectivity index (χ1v) is 9.54. The molecule has 28 heavy (non-hydrogen) atoms. The van der Waals surface area contributed by atoms with Crippen LogP contribution in [0.1, 0.15) is 15.9 Å². The average Bonchev–Trinajstić information content (AvgIpc) is 3.34. The van der Waals surface area contributed by atoms with Crippen LogP contribution >= 0.6 is 11.3 Å². The fourth-order valence-electron chi connectivity index (χ4n) is 3.12. The van der Waals surface area contributed by atoms with Crippen LogP contribution in [0.3, 0.4) is 0 Å². The SMILES string of the molecule is COc1cc(C(=O)Nc2nc(-c3c[nH]c4ccccc34)cs2)cc(OC)c1C. The van der Waals surface area contributed by atoms with E-state index >= 15 is 0 Å². The van der Waals surface area contributed by atoms with Gasteiger partial charge in [0.1, 0.15) is 11.5 Å². The van der Waals surface area contributed by atoms with E-state index in [2.05, 4.69) is 15.3 Å². The number of thiazole rings is 1. The molecular weight excluding hydrogens is 374 g/mol. The van der Waals surface area contributed by atoms with Gasteiger partial charge in [0, 0.05) is 39.2 Å². The fraction of sp³-hybridized carbons (Fsp3) is 0.143. The molecule has 0 saturated carbocycles. The molecule has 1 amide bonds. The number of benzene rings is 2. The molecule has 4 rings (SSSR count). The van der Waals surface area contributed by atoms with E-state index in [4.69, 9.17) is 9.47 Å². The molecule has 0 aliphatic heterocycles. The van der Waals surface area contributed by atoms with Crippen LogP contribution in [0.25, 0.3) is 22.2 Å². The fourth-order valence-corrected chi connectivity index (χ4v) is 3.83. The number of aromatic nitrogens is 2. The lowest BCUT2D eigenvalue weighted by Gasteiger charge is -2.12. The molecule has 0 radical (unpaired) electrons. The van der Waals surface area contributed by atoms with Crippen molar-refractivity contribution in [2.24, 2.45) is 0 Å². The van der Waals surface area contributed by atoms with Crippen molar-refractivity contribution in [3.63, 3.8) is 0 Å². The summed E-state index contributed by atoms with van der Waals surface area (Å²) in [5.41, 5.74) is 4.17. The summed E-state index contributed by atoms with van der Waals surface area (Å²) in [5.74, 6) is 0.933. The maximum atomic E-state index is 12.7. The highest BCUT2D eigenvalue weighted by atomic mass is 32.1. The Kier molecular flexibility index (Phi) is 4.75. The van der Waals surface area contributed by atoms with Crippen LogP contribution in [0.4, 0.5) is 5.13 Å². The van der Waals surface area contributed by atoms with Crippen molar-refractivity contribution in [1.29, 1.82) is 0 Å². The number of anilines is 1. The number of nitrogens with zero attached hydrogens (tertiary/aromatic N) is 1. The Labute approximate surface area is 166 Å². The largest absolute Gasteiger partial charge is 0.496 e. The number of rotatable bonds is 5. The number of para-hydroxylation sites is 1. The molecular formula is C21H19N3O3S. The van der Waals surface area contributed by atoms with Crippen LogP contribution in [-0.4, -0.2) is 30.1 Å². The molecule has 0 spiro atoms. The van der Waals surface area contributed by atoms with E-state index in [1.165, 1.54) is 11.3 Å². The monoisotopic (exact) mass is 393 g/mol. The molecule has 0 aliphatic carbocycles. The van der Waals surface area contributed by atoms with Gasteiger partial charge in [0.25, 0.3) is 5.91 Å². The number of ether oxygens (including phenoxy) is 2.